The summed E-state index contributed by atoms with van der Waals surface area (Å²) < 4.78 is 0. The maximum atomic E-state index is 10.7. The van der Waals surface area contributed by atoms with Crippen molar-refractivity contribution in [2.24, 2.45) is 0 Å². The van der Waals surface area contributed by atoms with E-state index in [-0.39, 0.29) is 5.91 Å². The van der Waals surface area contributed by atoms with E-state index in [0.29, 0.717) is 5.82 Å². The van der Waals surface area contributed by atoms with Crippen molar-refractivity contribution < 1.29 is 4.79 Å². The van der Waals surface area contributed by atoms with Crippen LogP contribution in [0.2, 0.25) is 0 Å². The maximum Gasteiger partial charge on any atom is 0.222 e. The van der Waals surface area contributed by atoms with Crippen molar-refractivity contribution in [1.29, 1.82) is 0 Å². The van der Waals surface area contributed by atoms with Crippen LogP contribution in [-0.4, -0.2) is 21.1 Å². The summed E-state index contributed by atoms with van der Waals surface area (Å²) in [5.41, 5.74) is 4.55. The molecule has 7 heteroatoms. The van der Waals surface area contributed by atoms with Gasteiger partial charge in [0.1, 0.15) is 10.8 Å². The van der Waals surface area contributed by atoms with Gasteiger partial charge in [0.2, 0.25) is 11.0 Å². The SMILES string of the molecule is CCc1ccnc(NC(C)=O)c1.Cc1ccccc1-c1nnc(Nc2ccccc2)s1. The van der Waals surface area contributed by atoms with Crippen molar-refractivity contribution in [2.75, 3.05) is 10.6 Å². The zero-order valence-electron chi connectivity index (χ0n) is 17.8. The quantitative estimate of drug-likeness (QED) is 0.414. The van der Waals surface area contributed by atoms with Gasteiger partial charge in [0, 0.05) is 24.4 Å². The number of carbonyl (C=O) groups is 1. The molecular weight excluding hydrogens is 406 g/mol. The minimum absolute atomic E-state index is 0.0873. The lowest BCUT2D eigenvalue weighted by Gasteiger charge is -2.01. The number of nitrogens with zero attached hydrogens (tertiary/aromatic N) is 3. The van der Waals surface area contributed by atoms with Gasteiger partial charge in [-0.15, -0.1) is 10.2 Å². The van der Waals surface area contributed by atoms with Gasteiger partial charge in [-0.05, 0) is 48.7 Å². The molecule has 2 heterocycles. The molecule has 0 bridgehead atoms. The summed E-state index contributed by atoms with van der Waals surface area (Å²) >= 11 is 1.56. The van der Waals surface area contributed by atoms with E-state index >= 15 is 0 Å². The molecule has 0 aliphatic heterocycles. The molecule has 0 unspecified atom stereocenters. The first-order chi connectivity index (χ1) is 15.0. The Balaban J connectivity index is 0.000000196. The van der Waals surface area contributed by atoms with Gasteiger partial charge in [-0.25, -0.2) is 4.98 Å². The highest BCUT2D eigenvalue weighted by Gasteiger charge is 2.08. The lowest BCUT2D eigenvalue weighted by molar-refractivity contribution is -0.114. The third-order valence-corrected chi connectivity index (χ3v) is 5.23. The largest absolute Gasteiger partial charge is 0.330 e. The predicted molar refractivity (Wildman–Crippen MR) is 128 cm³/mol. The van der Waals surface area contributed by atoms with Gasteiger partial charge < -0.3 is 10.6 Å². The van der Waals surface area contributed by atoms with Crippen molar-refractivity contribution >= 4 is 33.9 Å². The highest BCUT2D eigenvalue weighted by Crippen LogP contribution is 2.30. The topological polar surface area (TPSA) is 79.8 Å². The Hall–Kier alpha value is -3.58. The van der Waals surface area contributed by atoms with E-state index in [2.05, 4.69) is 51.8 Å². The molecule has 0 saturated carbocycles. The Labute approximate surface area is 186 Å². The van der Waals surface area contributed by atoms with Gasteiger partial charge in [-0.3, -0.25) is 4.79 Å². The first kappa shape index (κ1) is 22.1. The number of hydrogen-bond donors (Lipinski definition) is 2. The van der Waals surface area contributed by atoms with Crippen molar-refractivity contribution in [3.05, 3.63) is 84.1 Å². The summed E-state index contributed by atoms with van der Waals surface area (Å²) in [5, 5.41) is 16.1. The lowest BCUT2D eigenvalue weighted by atomic mass is 10.1. The molecule has 6 nitrogen and oxygen atoms in total. The van der Waals surface area contributed by atoms with E-state index < -0.39 is 0 Å². The van der Waals surface area contributed by atoms with Crippen molar-refractivity contribution in [3.8, 4) is 10.6 Å². The third kappa shape index (κ3) is 6.72. The van der Waals surface area contributed by atoms with Gasteiger partial charge in [0.15, 0.2) is 0 Å². The summed E-state index contributed by atoms with van der Waals surface area (Å²) in [6, 6.07) is 22.0. The summed E-state index contributed by atoms with van der Waals surface area (Å²) in [7, 11) is 0. The minimum Gasteiger partial charge on any atom is -0.330 e. The van der Waals surface area contributed by atoms with Gasteiger partial charge in [-0.2, -0.15) is 0 Å². The van der Waals surface area contributed by atoms with E-state index in [1.807, 2.05) is 54.6 Å². The first-order valence-corrected chi connectivity index (χ1v) is 10.8. The number of amides is 1. The Morgan fingerprint density at radius 3 is 2.45 bits per heavy atom. The number of anilines is 3. The fourth-order valence-electron chi connectivity index (χ4n) is 2.78. The van der Waals surface area contributed by atoms with Gasteiger partial charge in [-0.1, -0.05) is 60.7 Å². The van der Waals surface area contributed by atoms with E-state index in [4.69, 9.17) is 0 Å². The number of nitrogens with one attached hydrogen (secondary N) is 2. The number of aryl methyl sites for hydroxylation is 2. The van der Waals surface area contributed by atoms with E-state index in [1.165, 1.54) is 18.1 Å². The molecular formula is C24H25N5OS. The second kappa shape index (κ2) is 11.0. The fraction of sp³-hybridized carbons (Fsp3) is 0.167. The summed E-state index contributed by atoms with van der Waals surface area (Å²) in [5.74, 6) is 0.539. The van der Waals surface area contributed by atoms with Crippen molar-refractivity contribution in [3.63, 3.8) is 0 Å². The van der Waals surface area contributed by atoms with Crippen LogP contribution in [-0.2, 0) is 11.2 Å². The number of benzene rings is 2. The molecule has 0 atom stereocenters. The van der Waals surface area contributed by atoms with Crippen LogP contribution >= 0.6 is 11.3 Å². The van der Waals surface area contributed by atoms with E-state index in [9.17, 15) is 4.79 Å². The van der Waals surface area contributed by atoms with Gasteiger partial charge in [0.25, 0.3) is 0 Å². The number of carbonyl (C=O) groups excluding carboxylic acids is 1. The Morgan fingerprint density at radius 1 is 1.00 bits per heavy atom. The number of pyridine rings is 1. The molecule has 2 aromatic carbocycles. The van der Waals surface area contributed by atoms with Crippen LogP contribution < -0.4 is 10.6 Å². The second-order valence-electron chi connectivity index (χ2n) is 6.80. The Morgan fingerprint density at radius 2 is 1.74 bits per heavy atom. The van der Waals surface area contributed by atoms with Crippen LogP contribution in [0.15, 0.2) is 72.9 Å². The molecule has 0 saturated heterocycles. The number of aromatic nitrogens is 3. The van der Waals surface area contributed by atoms with Crippen LogP contribution in [0.25, 0.3) is 10.6 Å². The molecule has 2 aromatic heterocycles. The smallest absolute Gasteiger partial charge is 0.222 e. The molecule has 1 amide bonds. The maximum absolute atomic E-state index is 10.7. The highest BCUT2D eigenvalue weighted by atomic mass is 32.1. The molecule has 0 aliphatic rings. The second-order valence-corrected chi connectivity index (χ2v) is 7.78. The molecule has 0 spiro atoms. The number of rotatable bonds is 5. The molecule has 0 fully saturated rings. The zero-order chi connectivity index (χ0) is 22.1. The normalized spacial score (nSPS) is 10.0. The standard InChI is InChI=1S/C15H13N3S.C9H12N2O/c1-11-7-5-6-10-13(11)14-17-18-15(19-14)16-12-8-3-2-4-9-12;1-3-8-4-5-10-9(6-8)11-7(2)12/h2-10H,1H3,(H,16,18);4-6H,3H2,1-2H3,(H,10,11,12). The molecule has 0 radical (unpaired) electrons. The van der Waals surface area contributed by atoms with Crippen LogP contribution in [0, 0.1) is 6.92 Å². The average Bonchev–Trinajstić information content (AvgIpc) is 3.23. The van der Waals surface area contributed by atoms with Gasteiger partial charge >= 0.3 is 0 Å². The van der Waals surface area contributed by atoms with Crippen LogP contribution in [0.3, 0.4) is 0 Å². The lowest BCUT2D eigenvalue weighted by Crippen LogP contribution is -2.07. The number of para-hydroxylation sites is 1. The van der Waals surface area contributed by atoms with Crippen molar-refractivity contribution in [1.82, 2.24) is 15.2 Å². The molecule has 4 rings (SSSR count). The highest BCUT2D eigenvalue weighted by molar-refractivity contribution is 7.18. The van der Waals surface area contributed by atoms with Crippen molar-refractivity contribution in [2.45, 2.75) is 27.2 Å². The monoisotopic (exact) mass is 431 g/mol. The van der Waals surface area contributed by atoms with Crippen LogP contribution in [0.4, 0.5) is 16.6 Å². The number of hydrogen-bond acceptors (Lipinski definition) is 6. The van der Waals surface area contributed by atoms with Gasteiger partial charge in [0.05, 0.1) is 0 Å². The average molecular weight is 432 g/mol. The predicted octanol–water partition coefficient (Wildman–Crippen LogP) is 5.86. The van der Waals surface area contributed by atoms with Crippen LogP contribution in [0.1, 0.15) is 25.0 Å². The third-order valence-electron chi connectivity index (χ3n) is 4.36. The summed E-state index contributed by atoms with van der Waals surface area (Å²) in [4.78, 5) is 14.7. The zero-order valence-corrected chi connectivity index (χ0v) is 18.6. The molecule has 31 heavy (non-hydrogen) atoms. The molecule has 2 N–H and O–H groups in total. The summed E-state index contributed by atoms with van der Waals surface area (Å²) in [6.07, 6.45) is 2.65. The molecule has 4 aromatic rings. The Kier molecular flexibility index (Phi) is 7.84. The minimum atomic E-state index is -0.0873. The van der Waals surface area contributed by atoms with E-state index in [0.717, 1.165) is 27.8 Å². The molecule has 0 aliphatic carbocycles. The summed E-state index contributed by atoms with van der Waals surface area (Å²) in [6.45, 7) is 5.62. The first-order valence-electron chi connectivity index (χ1n) is 9.99. The Bertz CT molecular complexity index is 1130. The van der Waals surface area contributed by atoms with E-state index in [1.54, 1.807) is 17.5 Å². The molecule has 158 valence electrons. The van der Waals surface area contributed by atoms with Crippen LogP contribution in [0.5, 0.6) is 0 Å². The fourth-order valence-corrected chi connectivity index (χ4v) is 3.64.